The van der Waals surface area contributed by atoms with Crippen molar-refractivity contribution in [2.24, 2.45) is 10.8 Å². The number of hydrogen-bond acceptors (Lipinski definition) is 3. The zero-order valence-corrected chi connectivity index (χ0v) is 8.92. The average Bonchev–Trinajstić information content (AvgIpc) is 2.15. The van der Waals surface area contributed by atoms with Crippen LogP contribution in [0.15, 0.2) is 4.99 Å². The first-order valence-electron chi connectivity index (χ1n) is 4.58. The summed E-state index contributed by atoms with van der Waals surface area (Å²) in [7, 11) is 1.60. The van der Waals surface area contributed by atoms with E-state index in [2.05, 4.69) is 21.1 Å². The maximum absolute atomic E-state index is 10.9. The predicted octanol–water partition coefficient (Wildman–Crippen LogP) is -1.06. The molecular formula is C8H19N5O. The maximum atomic E-state index is 10.9. The van der Waals surface area contributed by atoms with Gasteiger partial charge in [-0.25, -0.2) is 5.84 Å². The number of nitrogens with zero attached hydrogens (tertiary/aromatic N) is 1. The first-order chi connectivity index (χ1) is 6.60. The molecule has 6 heteroatoms. The first kappa shape index (κ1) is 12.7. The number of nitrogens with two attached hydrogens (primary N) is 1. The summed E-state index contributed by atoms with van der Waals surface area (Å²) < 4.78 is 0. The quantitative estimate of drug-likeness (QED) is 0.202. The largest absolute Gasteiger partial charge is 0.359 e. The van der Waals surface area contributed by atoms with Crippen LogP contribution in [0.3, 0.4) is 0 Å². The number of guanidine groups is 1. The molecule has 0 bridgehead atoms. The number of rotatable bonds is 4. The third-order valence-corrected chi connectivity index (χ3v) is 1.45. The highest BCUT2D eigenvalue weighted by atomic mass is 16.1. The fourth-order valence-electron chi connectivity index (χ4n) is 0.801. The Balaban J connectivity index is 3.86. The van der Waals surface area contributed by atoms with Crippen LogP contribution in [0.5, 0.6) is 0 Å². The number of carbonyl (C=O) groups excluding carboxylic acids is 1. The first-order valence-corrected chi connectivity index (χ1v) is 4.58. The lowest BCUT2D eigenvalue weighted by atomic mass is 10.4. The van der Waals surface area contributed by atoms with Crippen LogP contribution >= 0.6 is 0 Å². The second kappa shape index (κ2) is 7.14. The minimum Gasteiger partial charge on any atom is -0.359 e. The Morgan fingerprint density at radius 3 is 2.57 bits per heavy atom. The Hall–Kier alpha value is -1.30. The van der Waals surface area contributed by atoms with Gasteiger partial charge < -0.3 is 10.6 Å². The van der Waals surface area contributed by atoms with E-state index in [0.29, 0.717) is 18.9 Å². The second-order valence-electron chi connectivity index (χ2n) is 3.10. The molecule has 0 radical (unpaired) electrons. The minimum absolute atomic E-state index is 0.0327. The molecular weight excluding hydrogens is 182 g/mol. The molecule has 0 saturated carbocycles. The van der Waals surface area contributed by atoms with E-state index in [1.54, 1.807) is 7.05 Å². The normalized spacial score (nSPS) is 11.4. The predicted molar refractivity (Wildman–Crippen MR) is 56.6 cm³/mol. The van der Waals surface area contributed by atoms with Crippen molar-refractivity contribution in [3.8, 4) is 0 Å². The van der Waals surface area contributed by atoms with Crippen LogP contribution in [-0.2, 0) is 4.79 Å². The molecule has 0 aromatic carbocycles. The van der Waals surface area contributed by atoms with Crippen molar-refractivity contribution in [3.63, 3.8) is 0 Å². The molecule has 0 fully saturated rings. The molecule has 0 unspecified atom stereocenters. The molecule has 0 saturated heterocycles. The van der Waals surface area contributed by atoms with E-state index >= 15 is 0 Å². The van der Waals surface area contributed by atoms with Crippen molar-refractivity contribution in [1.82, 2.24) is 16.1 Å². The zero-order chi connectivity index (χ0) is 11.0. The van der Waals surface area contributed by atoms with E-state index in [-0.39, 0.29) is 11.9 Å². The van der Waals surface area contributed by atoms with E-state index in [4.69, 9.17) is 5.84 Å². The Morgan fingerprint density at radius 2 is 2.14 bits per heavy atom. The van der Waals surface area contributed by atoms with Gasteiger partial charge >= 0.3 is 0 Å². The smallest absolute Gasteiger partial charge is 0.221 e. The number of nitrogens with one attached hydrogen (secondary N) is 3. The van der Waals surface area contributed by atoms with Crippen LogP contribution in [0.2, 0.25) is 0 Å². The lowest BCUT2D eigenvalue weighted by Crippen LogP contribution is -2.44. The molecule has 82 valence electrons. The zero-order valence-electron chi connectivity index (χ0n) is 8.92. The minimum atomic E-state index is -0.0327. The van der Waals surface area contributed by atoms with Crippen molar-refractivity contribution in [3.05, 3.63) is 0 Å². The van der Waals surface area contributed by atoms with Gasteiger partial charge in [0.2, 0.25) is 11.9 Å². The van der Waals surface area contributed by atoms with Gasteiger partial charge in [-0.3, -0.25) is 15.2 Å². The van der Waals surface area contributed by atoms with Gasteiger partial charge in [0.15, 0.2) is 0 Å². The van der Waals surface area contributed by atoms with Crippen LogP contribution in [0.25, 0.3) is 0 Å². The van der Waals surface area contributed by atoms with E-state index < -0.39 is 0 Å². The van der Waals surface area contributed by atoms with E-state index in [0.717, 1.165) is 0 Å². The van der Waals surface area contributed by atoms with Gasteiger partial charge in [0.05, 0.1) is 6.54 Å². The van der Waals surface area contributed by atoms with Gasteiger partial charge in [-0.1, -0.05) is 0 Å². The summed E-state index contributed by atoms with van der Waals surface area (Å²) >= 11 is 0. The Morgan fingerprint density at radius 1 is 1.50 bits per heavy atom. The van der Waals surface area contributed by atoms with Crippen molar-refractivity contribution in [1.29, 1.82) is 0 Å². The molecule has 0 aliphatic carbocycles. The third-order valence-electron chi connectivity index (χ3n) is 1.45. The Bertz CT molecular complexity index is 202. The summed E-state index contributed by atoms with van der Waals surface area (Å²) in [5.41, 5.74) is 2.43. The van der Waals surface area contributed by atoms with E-state index in [9.17, 15) is 4.79 Å². The van der Waals surface area contributed by atoms with Gasteiger partial charge in [-0.2, -0.15) is 0 Å². The molecule has 5 N–H and O–H groups in total. The molecule has 0 aromatic rings. The summed E-state index contributed by atoms with van der Waals surface area (Å²) in [5.74, 6) is 5.70. The summed E-state index contributed by atoms with van der Waals surface area (Å²) in [5, 5.41) is 5.52. The van der Waals surface area contributed by atoms with E-state index in [1.807, 2.05) is 13.8 Å². The molecule has 0 aromatic heterocycles. The highest BCUT2D eigenvalue weighted by Crippen LogP contribution is 1.82. The summed E-state index contributed by atoms with van der Waals surface area (Å²) in [6, 6.07) is 0.254. The van der Waals surface area contributed by atoms with Crippen LogP contribution in [0.4, 0.5) is 0 Å². The average molecular weight is 201 g/mol. The van der Waals surface area contributed by atoms with Gasteiger partial charge in [-0.15, -0.1) is 0 Å². The van der Waals surface area contributed by atoms with Crippen molar-refractivity contribution in [2.75, 3.05) is 13.6 Å². The molecule has 0 aliphatic rings. The molecule has 0 spiro atoms. The van der Waals surface area contributed by atoms with Crippen molar-refractivity contribution in [2.45, 2.75) is 26.3 Å². The fraction of sp³-hybridized carbons (Fsp3) is 0.750. The van der Waals surface area contributed by atoms with Crippen LogP contribution in [-0.4, -0.2) is 31.5 Å². The lowest BCUT2D eigenvalue weighted by Gasteiger charge is -2.11. The van der Waals surface area contributed by atoms with E-state index in [1.165, 1.54) is 0 Å². The van der Waals surface area contributed by atoms with Crippen LogP contribution < -0.4 is 21.9 Å². The third kappa shape index (κ3) is 6.24. The number of hydrogen-bond donors (Lipinski definition) is 4. The van der Waals surface area contributed by atoms with Gasteiger partial charge in [0, 0.05) is 19.5 Å². The highest BCUT2D eigenvalue weighted by Gasteiger charge is 1.99. The van der Waals surface area contributed by atoms with Crippen molar-refractivity contribution < 1.29 is 4.79 Å². The molecule has 0 aliphatic heterocycles. The summed E-state index contributed by atoms with van der Waals surface area (Å²) in [6.45, 7) is 4.37. The highest BCUT2D eigenvalue weighted by molar-refractivity contribution is 5.80. The SMILES string of the molecule is CNC(=O)CCN=C(NN)NC(C)C. The van der Waals surface area contributed by atoms with Gasteiger partial charge in [0.1, 0.15) is 0 Å². The molecule has 0 atom stereocenters. The summed E-state index contributed by atoms with van der Waals surface area (Å²) in [6.07, 6.45) is 0.363. The lowest BCUT2D eigenvalue weighted by molar-refractivity contribution is -0.120. The standard InChI is InChI=1S/C8H19N5O/c1-6(2)12-8(13-9)11-5-4-7(14)10-3/h6H,4-5,9H2,1-3H3,(H,10,14)(H2,11,12,13). The molecule has 14 heavy (non-hydrogen) atoms. The molecule has 0 rings (SSSR count). The Kier molecular flexibility index (Phi) is 6.47. The fourth-order valence-corrected chi connectivity index (χ4v) is 0.801. The topological polar surface area (TPSA) is 91.5 Å². The van der Waals surface area contributed by atoms with Crippen LogP contribution in [0.1, 0.15) is 20.3 Å². The summed E-state index contributed by atoms with van der Waals surface area (Å²) in [4.78, 5) is 14.9. The Labute approximate surface area is 84.3 Å². The number of hydrazine groups is 1. The van der Waals surface area contributed by atoms with Crippen LogP contribution in [0, 0.1) is 0 Å². The maximum Gasteiger partial charge on any atom is 0.221 e. The molecule has 0 heterocycles. The van der Waals surface area contributed by atoms with Crippen molar-refractivity contribution >= 4 is 11.9 Å². The molecule has 6 nitrogen and oxygen atoms in total. The number of carbonyl (C=O) groups is 1. The number of amides is 1. The second-order valence-corrected chi connectivity index (χ2v) is 3.10. The monoisotopic (exact) mass is 201 g/mol. The molecule has 1 amide bonds. The van der Waals surface area contributed by atoms with Gasteiger partial charge in [-0.05, 0) is 13.8 Å². The van der Waals surface area contributed by atoms with Gasteiger partial charge in [0.25, 0.3) is 0 Å². The number of aliphatic imine (C=N–C) groups is 1.